The van der Waals surface area contributed by atoms with Gasteiger partial charge in [-0.2, -0.15) is 0 Å². The van der Waals surface area contributed by atoms with Gasteiger partial charge in [0.2, 0.25) is 0 Å². The van der Waals surface area contributed by atoms with E-state index in [4.69, 9.17) is 4.74 Å². The highest BCUT2D eigenvalue weighted by Gasteiger charge is 2.64. The second-order valence-electron chi connectivity index (χ2n) is 6.30. The zero-order valence-electron chi connectivity index (χ0n) is 10.9. The van der Waals surface area contributed by atoms with Crippen molar-refractivity contribution < 1.29 is 14.3 Å². The van der Waals surface area contributed by atoms with Gasteiger partial charge >= 0.3 is 6.09 Å². The topological polar surface area (TPSA) is 46.6 Å². The summed E-state index contributed by atoms with van der Waals surface area (Å²) in [5, 5.41) is 0. The lowest BCUT2D eigenvalue weighted by atomic mass is 9.95. The average Bonchev–Trinajstić information content (AvgIpc) is 2.83. The molecule has 1 amide bonds. The van der Waals surface area contributed by atoms with Gasteiger partial charge in [-0.05, 0) is 39.2 Å². The zero-order valence-corrected chi connectivity index (χ0v) is 10.9. The van der Waals surface area contributed by atoms with E-state index in [9.17, 15) is 9.59 Å². The molecule has 0 N–H and O–H groups in total. The molecule has 1 aliphatic heterocycles. The van der Waals surface area contributed by atoms with Crippen molar-refractivity contribution in [2.24, 2.45) is 11.3 Å². The molecule has 2 aliphatic carbocycles. The third-order valence-corrected chi connectivity index (χ3v) is 3.76. The first-order valence-electron chi connectivity index (χ1n) is 6.28. The Morgan fingerprint density at radius 1 is 1.50 bits per heavy atom. The first kappa shape index (κ1) is 11.5. The van der Waals surface area contributed by atoms with Gasteiger partial charge in [0, 0.05) is 23.7 Å². The molecule has 2 unspecified atom stereocenters. The largest absolute Gasteiger partial charge is 0.443 e. The Kier molecular flexibility index (Phi) is 2.08. The van der Waals surface area contributed by atoms with Crippen molar-refractivity contribution in [3.8, 4) is 0 Å². The summed E-state index contributed by atoms with van der Waals surface area (Å²) < 4.78 is 5.38. The van der Waals surface area contributed by atoms with Gasteiger partial charge in [0.1, 0.15) is 5.60 Å². The van der Waals surface area contributed by atoms with E-state index in [1.807, 2.05) is 26.8 Å². The van der Waals surface area contributed by atoms with Crippen molar-refractivity contribution in [3.05, 3.63) is 23.9 Å². The monoisotopic (exact) mass is 247 g/mol. The Labute approximate surface area is 106 Å². The van der Waals surface area contributed by atoms with Crippen LogP contribution < -0.4 is 0 Å². The molecule has 1 saturated heterocycles. The maximum absolute atomic E-state index is 12.1. The van der Waals surface area contributed by atoms with Crippen LogP contribution in [0.4, 0.5) is 4.79 Å². The summed E-state index contributed by atoms with van der Waals surface area (Å²) in [6, 6.07) is 0. The SMILES string of the molecule is CC(C)(C)OC(=O)N1CC2CC23C=CC(=O)C=C13. The molecule has 1 spiro atoms. The number of hydrogen-bond donors (Lipinski definition) is 0. The molecule has 1 saturated carbocycles. The lowest BCUT2D eigenvalue weighted by Gasteiger charge is -2.28. The number of carbonyl (C=O) groups is 2. The molecular weight excluding hydrogens is 230 g/mol. The van der Waals surface area contributed by atoms with E-state index in [-0.39, 0.29) is 17.3 Å². The quantitative estimate of drug-likeness (QED) is 0.659. The number of amides is 1. The molecule has 0 radical (unpaired) electrons. The minimum Gasteiger partial charge on any atom is -0.443 e. The van der Waals surface area contributed by atoms with Crippen molar-refractivity contribution in [2.45, 2.75) is 32.8 Å². The maximum Gasteiger partial charge on any atom is 0.414 e. The van der Waals surface area contributed by atoms with Crippen LogP contribution in [0.15, 0.2) is 23.9 Å². The number of rotatable bonds is 0. The number of allylic oxidation sites excluding steroid dienone is 3. The maximum atomic E-state index is 12.1. The van der Waals surface area contributed by atoms with E-state index < -0.39 is 5.60 Å². The Bertz CT molecular complexity index is 498. The van der Waals surface area contributed by atoms with Crippen LogP contribution in [0.5, 0.6) is 0 Å². The van der Waals surface area contributed by atoms with Crippen LogP contribution in [0.1, 0.15) is 27.2 Å². The van der Waals surface area contributed by atoms with Gasteiger partial charge in [0.25, 0.3) is 0 Å². The predicted octanol–water partition coefficient (Wildman–Crippen LogP) is 2.27. The minimum absolute atomic E-state index is 0.0447. The van der Waals surface area contributed by atoms with Gasteiger partial charge in [0.15, 0.2) is 5.78 Å². The van der Waals surface area contributed by atoms with Gasteiger partial charge < -0.3 is 4.74 Å². The Morgan fingerprint density at radius 2 is 2.22 bits per heavy atom. The van der Waals surface area contributed by atoms with E-state index >= 15 is 0 Å². The van der Waals surface area contributed by atoms with Crippen LogP contribution in [0.2, 0.25) is 0 Å². The van der Waals surface area contributed by atoms with Gasteiger partial charge in [-0.15, -0.1) is 0 Å². The molecule has 4 nitrogen and oxygen atoms in total. The molecule has 2 atom stereocenters. The number of carbonyl (C=O) groups excluding carboxylic acids is 2. The van der Waals surface area contributed by atoms with Crippen LogP contribution in [0.3, 0.4) is 0 Å². The molecule has 96 valence electrons. The normalized spacial score (nSPS) is 32.8. The minimum atomic E-state index is -0.508. The number of likely N-dealkylation sites (tertiary alicyclic amines) is 1. The zero-order chi connectivity index (χ0) is 13.1. The number of ether oxygens (including phenoxy) is 1. The lowest BCUT2D eigenvalue weighted by Crippen LogP contribution is -2.36. The summed E-state index contributed by atoms with van der Waals surface area (Å²) >= 11 is 0. The third kappa shape index (κ3) is 1.59. The summed E-state index contributed by atoms with van der Waals surface area (Å²) in [7, 11) is 0. The molecule has 0 aromatic rings. The average molecular weight is 247 g/mol. The molecule has 0 bridgehead atoms. The highest BCUT2D eigenvalue weighted by atomic mass is 16.6. The molecule has 3 aliphatic rings. The molecule has 2 fully saturated rings. The molecule has 3 rings (SSSR count). The Hall–Kier alpha value is -1.58. The summed E-state index contributed by atoms with van der Waals surface area (Å²) in [5.41, 5.74) is 0.269. The van der Waals surface area contributed by atoms with Crippen LogP contribution >= 0.6 is 0 Å². The van der Waals surface area contributed by atoms with Crippen LogP contribution in [-0.2, 0) is 9.53 Å². The fourth-order valence-corrected chi connectivity index (χ4v) is 2.87. The van der Waals surface area contributed by atoms with E-state index in [0.29, 0.717) is 12.5 Å². The Morgan fingerprint density at radius 3 is 2.89 bits per heavy atom. The van der Waals surface area contributed by atoms with Crippen LogP contribution in [0, 0.1) is 11.3 Å². The van der Waals surface area contributed by atoms with Crippen molar-refractivity contribution in [2.75, 3.05) is 6.54 Å². The summed E-state index contributed by atoms with van der Waals surface area (Å²) in [6.45, 7) is 6.20. The van der Waals surface area contributed by atoms with Crippen molar-refractivity contribution in [1.29, 1.82) is 0 Å². The van der Waals surface area contributed by atoms with Gasteiger partial charge in [0.05, 0.1) is 0 Å². The van der Waals surface area contributed by atoms with Gasteiger partial charge in [-0.1, -0.05) is 6.08 Å². The van der Waals surface area contributed by atoms with Crippen molar-refractivity contribution >= 4 is 11.9 Å². The summed E-state index contributed by atoms with van der Waals surface area (Å²) in [6.07, 6.45) is 5.85. The van der Waals surface area contributed by atoms with E-state index in [1.165, 1.54) is 0 Å². The van der Waals surface area contributed by atoms with E-state index in [2.05, 4.69) is 0 Å². The third-order valence-electron chi connectivity index (χ3n) is 3.76. The molecular formula is C14H17NO3. The van der Waals surface area contributed by atoms with Gasteiger partial charge in [-0.25, -0.2) is 4.79 Å². The fourth-order valence-electron chi connectivity index (χ4n) is 2.87. The predicted molar refractivity (Wildman–Crippen MR) is 65.7 cm³/mol. The smallest absolute Gasteiger partial charge is 0.414 e. The highest BCUT2D eigenvalue weighted by molar-refractivity contribution is 6.02. The number of piperidine rings is 1. The van der Waals surface area contributed by atoms with Crippen molar-refractivity contribution in [3.63, 3.8) is 0 Å². The fraction of sp³-hybridized carbons (Fsp3) is 0.571. The molecule has 0 aromatic carbocycles. The number of hydrogen-bond acceptors (Lipinski definition) is 3. The molecule has 0 aromatic heterocycles. The first-order valence-corrected chi connectivity index (χ1v) is 6.28. The first-order chi connectivity index (χ1) is 8.32. The molecule has 18 heavy (non-hydrogen) atoms. The standard InChI is InChI=1S/C14H17NO3/c1-13(2,3)18-12(17)15-8-9-7-14(9)5-4-10(16)6-11(14)15/h4-6,9H,7-8H2,1-3H3. The van der Waals surface area contributed by atoms with Crippen LogP contribution in [0.25, 0.3) is 0 Å². The number of nitrogens with zero attached hydrogens (tertiary/aromatic N) is 1. The Balaban J connectivity index is 1.84. The van der Waals surface area contributed by atoms with E-state index in [0.717, 1.165) is 12.1 Å². The summed E-state index contributed by atoms with van der Waals surface area (Å²) in [5.74, 6) is 0.414. The molecule has 4 heteroatoms. The van der Waals surface area contributed by atoms with E-state index in [1.54, 1.807) is 17.1 Å². The summed E-state index contributed by atoms with van der Waals surface area (Å²) in [4.78, 5) is 25.2. The highest BCUT2D eigenvalue weighted by Crippen LogP contribution is 2.65. The van der Waals surface area contributed by atoms with Gasteiger partial charge in [-0.3, -0.25) is 9.69 Å². The number of ketones is 1. The second-order valence-corrected chi connectivity index (χ2v) is 6.30. The lowest BCUT2D eigenvalue weighted by molar-refractivity contribution is -0.110. The van der Waals surface area contributed by atoms with Crippen LogP contribution in [-0.4, -0.2) is 28.9 Å². The second kappa shape index (κ2) is 3.25. The van der Waals surface area contributed by atoms with Crippen molar-refractivity contribution in [1.82, 2.24) is 4.90 Å². The molecule has 1 heterocycles.